The van der Waals surface area contributed by atoms with Crippen molar-refractivity contribution in [1.82, 2.24) is 20.1 Å². The van der Waals surface area contributed by atoms with Crippen LogP contribution in [0.15, 0.2) is 23.4 Å². The van der Waals surface area contributed by atoms with Gasteiger partial charge < -0.3 is 29.4 Å². The summed E-state index contributed by atoms with van der Waals surface area (Å²) in [6.07, 6.45) is 4.55. The van der Waals surface area contributed by atoms with E-state index in [9.17, 15) is 14.4 Å². The molecule has 1 atom stereocenters. The highest BCUT2D eigenvalue weighted by atomic mass is 32.2. The van der Waals surface area contributed by atoms with Gasteiger partial charge in [0.15, 0.2) is 22.5 Å². The predicted molar refractivity (Wildman–Crippen MR) is 162 cm³/mol. The van der Waals surface area contributed by atoms with Gasteiger partial charge in [0.05, 0.1) is 38.2 Å². The van der Waals surface area contributed by atoms with Crippen LogP contribution in [-0.2, 0) is 35.5 Å². The highest BCUT2D eigenvalue weighted by molar-refractivity contribution is 8.00. The van der Waals surface area contributed by atoms with Gasteiger partial charge in [0.1, 0.15) is 5.00 Å². The van der Waals surface area contributed by atoms with Crippen LogP contribution < -0.4 is 20.1 Å². The third-order valence-corrected chi connectivity index (χ3v) is 9.16. The molecule has 1 aliphatic carbocycles. The molecule has 2 aromatic heterocycles. The Labute approximate surface area is 253 Å². The zero-order valence-corrected chi connectivity index (χ0v) is 26.2. The molecule has 2 amide bonds. The van der Waals surface area contributed by atoms with Crippen molar-refractivity contribution in [2.24, 2.45) is 0 Å². The lowest BCUT2D eigenvalue weighted by atomic mass is 10.1. The Bertz CT molecular complexity index is 1440. The maximum absolute atomic E-state index is 13.3. The van der Waals surface area contributed by atoms with Gasteiger partial charge in [-0.15, -0.1) is 21.5 Å². The highest BCUT2D eigenvalue weighted by Gasteiger charge is 2.30. The molecule has 0 unspecified atom stereocenters. The molecule has 4 rings (SSSR count). The van der Waals surface area contributed by atoms with E-state index in [1.807, 2.05) is 4.57 Å². The number of hydrogen-bond donors (Lipinski definition) is 2. The molecule has 0 saturated carbocycles. The van der Waals surface area contributed by atoms with Gasteiger partial charge in [0.2, 0.25) is 5.91 Å². The van der Waals surface area contributed by atoms with Crippen molar-refractivity contribution in [3.63, 3.8) is 0 Å². The van der Waals surface area contributed by atoms with Crippen LogP contribution in [0.25, 0.3) is 0 Å². The summed E-state index contributed by atoms with van der Waals surface area (Å²) in [4.78, 5) is 40.0. The lowest BCUT2D eigenvalue weighted by Crippen LogP contribution is -2.25. The van der Waals surface area contributed by atoms with Crippen LogP contribution in [0.1, 0.15) is 77.0 Å². The van der Waals surface area contributed by atoms with Crippen LogP contribution in [0, 0.1) is 0 Å². The summed E-state index contributed by atoms with van der Waals surface area (Å²) in [5, 5.41) is 15.1. The Morgan fingerprint density at radius 2 is 1.90 bits per heavy atom. The fourth-order valence-electron chi connectivity index (χ4n) is 4.65. The van der Waals surface area contributed by atoms with Crippen LogP contribution in [0.3, 0.4) is 0 Å². The molecule has 11 nitrogen and oxygen atoms in total. The van der Waals surface area contributed by atoms with E-state index in [1.54, 1.807) is 32.0 Å². The Hall–Kier alpha value is -3.58. The minimum atomic E-state index is -0.518. The minimum absolute atomic E-state index is 0.161. The molecular formula is C29H37N5O6S2. The van der Waals surface area contributed by atoms with Crippen LogP contribution in [0.4, 0.5) is 5.00 Å². The van der Waals surface area contributed by atoms with E-state index in [1.165, 1.54) is 37.3 Å². The number of rotatable bonds is 14. The first-order chi connectivity index (χ1) is 20.3. The zero-order valence-electron chi connectivity index (χ0n) is 24.6. The van der Waals surface area contributed by atoms with Gasteiger partial charge in [-0.1, -0.05) is 25.1 Å². The van der Waals surface area contributed by atoms with Crippen molar-refractivity contribution in [3.05, 3.63) is 45.6 Å². The number of nitrogens with zero attached hydrogens (tertiary/aromatic N) is 3. The SMILES string of the molecule is CCCCn1c(CNC(=O)c2ccc(OC)c(OC)c2)nnc1S[C@H](C)C(=O)Nc1sc2c(c1C(=O)OCC)CCC2. The molecule has 0 radical (unpaired) electrons. The van der Waals surface area contributed by atoms with Gasteiger partial charge in [-0.25, -0.2) is 4.79 Å². The second-order valence-corrected chi connectivity index (χ2v) is 12.1. The number of carbonyl (C=O) groups is 3. The minimum Gasteiger partial charge on any atom is -0.493 e. The third-order valence-electron chi connectivity index (χ3n) is 6.87. The summed E-state index contributed by atoms with van der Waals surface area (Å²) in [5.41, 5.74) is 1.90. The van der Waals surface area contributed by atoms with Crippen molar-refractivity contribution in [2.75, 3.05) is 26.1 Å². The average molecular weight is 616 g/mol. The molecule has 1 aromatic carbocycles. The number of thioether (sulfide) groups is 1. The zero-order chi connectivity index (χ0) is 30.2. The van der Waals surface area contributed by atoms with Crippen LogP contribution in [-0.4, -0.2) is 58.6 Å². The highest BCUT2D eigenvalue weighted by Crippen LogP contribution is 2.40. The normalized spacial score (nSPS) is 12.9. The van der Waals surface area contributed by atoms with Gasteiger partial charge in [-0.3, -0.25) is 9.59 Å². The molecule has 0 bridgehead atoms. The summed E-state index contributed by atoms with van der Waals surface area (Å²) in [6.45, 7) is 6.73. The number of fused-ring (bicyclic) bond motifs is 1. The lowest BCUT2D eigenvalue weighted by Gasteiger charge is -2.14. The van der Waals surface area contributed by atoms with Crippen molar-refractivity contribution >= 4 is 45.9 Å². The van der Waals surface area contributed by atoms with Gasteiger partial charge in [-0.05, 0) is 63.3 Å². The Balaban J connectivity index is 1.45. The molecule has 42 heavy (non-hydrogen) atoms. The van der Waals surface area contributed by atoms with E-state index in [2.05, 4.69) is 27.8 Å². The van der Waals surface area contributed by atoms with Crippen molar-refractivity contribution < 1.29 is 28.6 Å². The second kappa shape index (κ2) is 14.5. The van der Waals surface area contributed by atoms with Crippen molar-refractivity contribution in [3.8, 4) is 11.5 Å². The van der Waals surface area contributed by atoms with E-state index in [0.717, 1.165) is 42.5 Å². The summed E-state index contributed by atoms with van der Waals surface area (Å²) in [7, 11) is 3.05. The monoisotopic (exact) mass is 615 g/mol. The number of thiophene rings is 1. The number of ether oxygens (including phenoxy) is 3. The first-order valence-electron chi connectivity index (χ1n) is 14.0. The van der Waals surface area contributed by atoms with E-state index < -0.39 is 11.2 Å². The molecule has 2 N–H and O–H groups in total. The molecule has 3 aromatic rings. The van der Waals surface area contributed by atoms with Gasteiger partial charge in [0.25, 0.3) is 5.91 Å². The molecule has 0 fully saturated rings. The maximum Gasteiger partial charge on any atom is 0.341 e. The largest absolute Gasteiger partial charge is 0.493 e. The summed E-state index contributed by atoms with van der Waals surface area (Å²) >= 11 is 2.74. The first-order valence-corrected chi connectivity index (χ1v) is 15.7. The van der Waals surface area contributed by atoms with Crippen molar-refractivity contribution in [2.45, 2.75) is 76.4 Å². The number of methoxy groups -OCH3 is 2. The van der Waals surface area contributed by atoms with Gasteiger partial charge in [-0.2, -0.15) is 0 Å². The second-order valence-electron chi connectivity index (χ2n) is 9.69. The number of amides is 2. The quantitative estimate of drug-likeness (QED) is 0.192. The smallest absolute Gasteiger partial charge is 0.341 e. The average Bonchev–Trinajstić information content (AvgIpc) is 3.69. The fraction of sp³-hybridized carbons (Fsp3) is 0.483. The third kappa shape index (κ3) is 7.06. The number of carbonyl (C=O) groups excluding carboxylic acids is 3. The standard InChI is InChI=1S/C29H37N5O6S2/c1-6-8-14-34-23(16-30-26(36)18-12-13-20(38-4)21(15-18)39-5)32-33-29(34)41-17(3)25(35)31-27-24(28(37)40-7-2)19-10-9-11-22(19)42-27/h12-13,15,17H,6-11,14,16H2,1-5H3,(H,30,36)(H,31,35)/t17-/m1/s1. The Morgan fingerprint density at radius 1 is 1.12 bits per heavy atom. The maximum atomic E-state index is 13.3. The molecule has 0 saturated heterocycles. The summed E-state index contributed by atoms with van der Waals surface area (Å²) in [6, 6.07) is 4.96. The van der Waals surface area contributed by atoms with Crippen LogP contribution in [0.5, 0.6) is 11.5 Å². The number of anilines is 1. The number of esters is 1. The van der Waals surface area contributed by atoms with Gasteiger partial charge in [0, 0.05) is 17.0 Å². The van der Waals surface area contributed by atoms with E-state index in [4.69, 9.17) is 14.2 Å². The lowest BCUT2D eigenvalue weighted by molar-refractivity contribution is -0.115. The number of nitrogens with one attached hydrogen (secondary N) is 2. The fourth-order valence-corrected chi connectivity index (χ4v) is 6.83. The van der Waals surface area contributed by atoms with E-state index in [0.29, 0.717) is 45.2 Å². The Morgan fingerprint density at radius 3 is 2.62 bits per heavy atom. The van der Waals surface area contributed by atoms with Crippen LogP contribution in [0.2, 0.25) is 0 Å². The molecule has 0 spiro atoms. The Kier molecular flexibility index (Phi) is 10.9. The van der Waals surface area contributed by atoms with Crippen molar-refractivity contribution in [1.29, 1.82) is 0 Å². The first kappa shape index (κ1) is 31.4. The topological polar surface area (TPSA) is 134 Å². The summed E-state index contributed by atoms with van der Waals surface area (Å²) < 4.78 is 17.8. The molecule has 2 heterocycles. The molecule has 226 valence electrons. The van der Waals surface area contributed by atoms with Crippen LogP contribution >= 0.6 is 23.1 Å². The molecule has 1 aliphatic rings. The number of unbranched alkanes of at least 4 members (excludes halogenated alkanes) is 1. The van der Waals surface area contributed by atoms with E-state index >= 15 is 0 Å². The number of aromatic nitrogens is 3. The van der Waals surface area contributed by atoms with E-state index in [-0.39, 0.29) is 25.0 Å². The van der Waals surface area contributed by atoms with Gasteiger partial charge >= 0.3 is 5.97 Å². The molecule has 13 heteroatoms. The summed E-state index contributed by atoms with van der Waals surface area (Å²) in [5.74, 6) is 0.664. The number of hydrogen-bond acceptors (Lipinski definition) is 10. The molecule has 0 aliphatic heterocycles. The predicted octanol–water partition coefficient (Wildman–Crippen LogP) is 4.87. The molecular weight excluding hydrogens is 578 g/mol. The number of aryl methyl sites for hydroxylation is 1. The number of benzene rings is 1.